The first-order chi connectivity index (χ1) is 11.8. The molecule has 0 aliphatic heterocycles. The Labute approximate surface area is 151 Å². The molecule has 0 fully saturated rings. The molecular weight excluding hydrogens is 313 g/mol. The minimum Gasteiger partial charge on any atom is -0.496 e. The SMILES string of the molecule is COc1ccc(F)cc1C(C)(CCN)C(C)Cc1cc(C)cc(C)c1. The predicted octanol–water partition coefficient (Wildman–Crippen LogP) is 4.94. The summed E-state index contributed by atoms with van der Waals surface area (Å²) in [5.74, 6) is 0.773. The fourth-order valence-corrected chi connectivity index (χ4v) is 3.84. The van der Waals surface area contributed by atoms with Crippen molar-refractivity contribution in [3.05, 3.63) is 64.5 Å². The molecule has 0 aromatic heterocycles. The molecule has 0 spiro atoms. The van der Waals surface area contributed by atoms with Crippen molar-refractivity contribution in [2.45, 2.75) is 46.0 Å². The summed E-state index contributed by atoms with van der Waals surface area (Å²) in [5, 5.41) is 0. The monoisotopic (exact) mass is 343 g/mol. The molecule has 136 valence electrons. The number of nitrogens with two attached hydrogens (primary N) is 1. The molecule has 0 saturated heterocycles. The van der Waals surface area contributed by atoms with E-state index in [1.165, 1.54) is 22.8 Å². The predicted molar refractivity (Wildman–Crippen MR) is 103 cm³/mol. The van der Waals surface area contributed by atoms with Crippen molar-refractivity contribution in [2.24, 2.45) is 11.7 Å². The van der Waals surface area contributed by atoms with E-state index in [9.17, 15) is 4.39 Å². The van der Waals surface area contributed by atoms with Gasteiger partial charge in [0.15, 0.2) is 0 Å². The van der Waals surface area contributed by atoms with Gasteiger partial charge >= 0.3 is 0 Å². The standard InChI is InChI=1S/C22H30FNO/c1-15-10-16(2)12-18(11-15)13-17(3)22(4,8-9-24)20-14-19(23)6-7-21(20)25-5/h6-7,10-12,14,17H,8-9,13,24H2,1-5H3. The molecule has 0 bridgehead atoms. The zero-order chi connectivity index (χ0) is 18.6. The van der Waals surface area contributed by atoms with Gasteiger partial charge in [-0.15, -0.1) is 0 Å². The minimum atomic E-state index is -0.264. The normalized spacial score (nSPS) is 14.8. The number of rotatable bonds is 7. The van der Waals surface area contributed by atoms with Gasteiger partial charge in [-0.1, -0.05) is 43.2 Å². The minimum absolute atomic E-state index is 0.238. The molecule has 0 amide bonds. The summed E-state index contributed by atoms with van der Waals surface area (Å²) in [6.45, 7) is 9.18. The van der Waals surface area contributed by atoms with Crippen LogP contribution in [0.5, 0.6) is 5.75 Å². The zero-order valence-electron chi connectivity index (χ0n) is 16.0. The molecule has 2 rings (SSSR count). The van der Waals surface area contributed by atoms with E-state index in [1.807, 2.05) is 0 Å². The van der Waals surface area contributed by atoms with Crippen LogP contribution in [-0.4, -0.2) is 13.7 Å². The highest BCUT2D eigenvalue weighted by Crippen LogP contribution is 2.42. The third-order valence-electron chi connectivity index (χ3n) is 5.35. The third kappa shape index (κ3) is 4.40. The van der Waals surface area contributed by atoms with Gasteiger partial charge in [-0.05, 0) is 62.9 Å². The van der Waals surface area contributed by atoms with E-state index in [4.69, 9.17) is 10.5 Å². The lowest BCUT2D eigenvalue weighted by molar-refractivity contribution is 0.280. The van der Waals surface area contributed by atoms with Crippen molar-refractivity contribution in [1.29, 1.82) is 0 Å². The van der Waals surface area contributed by atoms with Crippen LogP contribution in [0.1, 0.15) is 42.5 Å². The molecule has 2 nitrogen and oxygen atoms in total. The first-order valence-corrected chi connectivity index (χ1v) is 8.91. The highest BCUT2D eigenvalue weighted by Gasteiger charge is 2.35. The molecule has 2 unspecified atom stereocenters. The van der Waals surface area contributed by atoms with Crippen molar-refractivity contribution >= 4 is 0 Å². The Bertz CT molecular complexity index is 708. The van der Waals surface area contributed by atoms with E-state index in [2.05, 4.69) is 45.9 Å². The molecule has 0 radical (unpaired) electrons. The molecule has 2 N–H and O–H groups in total. The van der Waals surface area contributed by atoms with E-state index in [0.717, 1.165) is 24.2 Å². The van der Waals surface area contributed by atoms with Gasteiger partial charge < -0.3 is 10.5 Å². The molecule has 0 aliphatic rings. The number of hydrogen-bond donors (Lipinski definition) is 1. The topological polar surface area (TPSA) is 35.2 Å². The first kappa shape index (κ1) is 19.5. The smallest absolute Gasteiger partial charge is 0.123 e. The van der Waals surface area contributed by atoms with Gasteiger partial charge in [0.2, 0.25) is 0 Å². The number of benzene rings is 2. The van der Waals surface area contributed by atoms with Gasteiger partial charge in [-0.3, -0.25) is 0 Å². The lowest BCUT2D eigenvalue weighted by atomic mass is 9.68. The van der Waals surface area contributed by atoms with Gasteiger partial charge in [-0.25, -0.2) is 4.39 Å². The van der Waals surface area contributed by atoms with Crippen LogP contribution >= 0.6 is 0 Å². The van der Waals surface area contributed by atoms with E-state index >= 15 is 0 Å². The fraction of sp³-hybridized carbons (Fsp3) is 0.455. The van der Waals surface area contributed by atoms with E-state index in [0.29, 0.717) is 6.54 Å². The summed E-state index contributed by atoms with van der Waals surface area (Å²) in [6.07, 6.45) is 1.69. The zero-order valence-corrected chi connectivity index (χ0v) is 16.0. The van der Waals surface area contributed by atoms with Crippen molar-refractivity contribution in [3.63, 3.8) is 0 Å². The molecule has 2 aromatic rings. The third-order valence-corrected chi connectivity index (χ3v) is 5.35. The van der Waals surface area contributed by atoms with Crippen LogP contribution in [0.15, 0.2) is 36.4 Å². The van der Waals surface area contributed by atoms with Crippen molar-refractivity contribution in [3.8, 4) is 5.75 Å². The highest BCUT2D eigenvalue weighted by atomic mass is 19.1. The Morgan fingerprint density at radius 1 is 1.12 bits per heavy atom. The van der Waals surface area contributed by atoms with Gasteiger partial charge in [0.1, 0.15) is 11.6 Å². The van der Waals surface area contributed by atoms with Gasteiger partial charge in [0.25, 0.3) is 0 Å². The maximum atomic E-state index is 14.0. The Morgan fingerprint density at radius 2 is 1.76 bits per heavy atom. The number of ether oxygens (including phenoxy) is 1. The Balaban J connectivity index is 2.42. The van der Waals surface area contributed by atoms with Gasteiger partial charge in [0, 0.05) is 11.0 Å². The molecule has 0 aliphatic carbocycles. The molecule has 3 heteroatoms. The number of halogens is 1. The van der Waals surface area contributed by atoms with Crippen LogP contribution in [0.2, 0.25) is 0 Å². The summed E-state index contributed by atoms with van der Waals surface area (Å²) in [4.78, 5) is 0. The Kier molecular flexibility index (Phi) is 6.23. The van der Waals surface area contributed by atoms with Crippen LogP contribution in [-0.2, 0) is 11.8 Å². The number of hydrogen-bond acceptors (Lipinski definition) is 2. The van der Waals surface area contributed by atoms with Crippen molar-refractivity contribution in [2.75, 3.05) is 13.7 Å². The van der Waals surface area contributed by atoms with Crippen LogP contribution in [0.3, 0.4) is 0 Å². The van der Waals surface area contributed by atoms with Crippen LogP contribution in [0.25, 0.3) is 0 Å². The lowest BCUT2D eigenvalue weighted by Gasteiger charge is -2.37. The average molecular weight is 343 g/mol. The molecule has 2 atom stereocenters. The van der Waals surface area contributed by atoms with Crippen molar-refractivity contribution < 1.29 is 9.13 Å². The second-order valence-corrected chi connectivity index (χ2v) is 7.40. The molecule has 25 heavy (non-hydrogen) atoms. The Morgan fingerprint density at radius 3 is 2.32 bits per heavy atom. The molecule has 0 saturated carbocycles. The fourth-order valence-electron chi connectivity index (χ4n) is 3.84. The molecular formula is C22H30FNO. The maximum absolute atomic E-state index is 14.0. The highest BCUT2D eigenvalue weighted by molar-refractivity contribution is 5.41. The summed E-state index contributed by atoms with van der Waals surface area (Å²) >= 11 is 0. The first-order valence-electron chi connectivity index (χ1n) is 8.91. The molecule has 2 aromatic carbocycles. The van der Waals surface area contributed by atoms with E-state index in [-0.39, 0.29) is 17.2 Å². The maximum Gasteiger partial charge on any atom is 0.123 e. The van der Waals surface area contributed by atoms with Crippen LogP contribution in [0.4, 0.5) is 4.39 Å². The summed E-state index contributed by atoms with van der Waals surface area (Å²) in [5.41, 5.74) is 10.4. The second-order valence-electron chi connectivity index (χ2n) is 7.40. The lowest BCUT2D eigenvalue weighted by Crippen LogP contribution is -2.35. The average Bonchev–Trinajstić information content (AvgIpc) is 2.53. The largest absolute Gasteiger partial charge is 0.496 e. The quantitative estimate of drug-likeness (QED) is 0.773. The van der Waals surface area contributed by atoms with Gasteiger partial charge in [0.05, 0.1) is 7.11 Å². The van der Waals surface area contributed by atoms with Crippen LogP contribution in [0, 0.1) is 25.6 Å². The van der Waals surface area contributed by atoms with Gasteiger partial charge in [-0.2, -0.15) is 0 Å². The number of methoxy groups -OCH3 is 1. The summed E-state index contributed by atoms with van der Waals surface area (Å²) in [6, 6.07) is 11.4. The Hall–Kier alpha value is -1.87. The summed E-state index contributed by atoms with van der Waals surface area (Å²) in [7, 11) is 1.63. The second kappa shape index (κ2) is 8.01. The number of aryl methyl sites for hydroxylation is 2. The molecule has 0 heterocycles. The van der Waals surface area contributed by atoms with Crippen LogP contribution < -0.4 is 10.5 Å². The summed E-state index contributed by atoms with van der Waals surface area (Å²) < 4.78 is 19.5. The van der Waals surface area contributed by atoms with E-state index < -0.39 is 0 Å². The van der Waals surface area contributed by atoms with E-state index in [1.54, 1.807) is 19.2 Å². The van der Waals surface area contributed by atoms with Crippen molar-refractivity contribution in [1.82, 2.24) is 0 Å².